The van der Waals surface area contributed by atoms with E-state index in [0.717, 1.165) is 5.56 Å². The summed E-state index contributed by atoms with van der Waals surface area (Å²) >= 11 is 12.5. The molecule has 0 saturated carbocycles. The lowest BCUT2D eigenvalue weighted by Gasteiger charge is -2.26. The highest BCUT2D eigenvalue weighted by atomic mass is 35.5. The molecule has 1 aromatic rings. The Morgan fingerprint density at radius 2 is 2.23 bits per heavy atom. The van der Waals surface area contributed by atoms with Crippen LogP contribution in [0, 0.1) is 0 Å². The number of hydrogen-bond acceptors (Lipinski definition) is 4. The number of benzene rings is 1. The van der Waals surface area contributed by atoms with Crippen molar-refractivity contribution in [3.63, 3.8) is 0 Å². The summed E-state index contributed by atoms with van der Waals surface area (Å²) in [7, 11) is 1.57. The SMILES string of the molecule is COc1ccc(Cl)c(Cl)c1[C@H]1C[C@@H]2N(C1)C(=O)OC2(C)CO. The van der Waals surface area contributed by atoms with Gasteiger partial charge >= 0.3 is 6.09 Å². The van der Waals surface area contributed by atoms with Crippen LogP contribution in [-0.2, 0) is 4.74 Å². The van der Waals surface area contributed by atoms with Crippen LogP contribution in [0.4, 0.5) is 4.79 Å². The molecule has 0 aliphatic carbocycles. The number of nitrogens with zero attached hydrogens (tertiary/aromatic N) is 1. The van der Waals surface area contributed by atoms with Crippen molar-refractivity contribution in [3.05, 3.63) is 27.7 Å². The topological polar surface area (TPSA) is 59.0 Å². The lowest BCUT2D eigenvalue weighted by molar-refractivity contribution is 0.000609. The van der Waals surface area contributed by atoms with Crippen molar-refractivity contribution >= 4 is 29.3 Å². The Balaban J connectivity index is 1.97. The molecule has 0 radical (unpaired) electrons. The lowest BCUT2D eigenvalue weighted by Crippen LogP contribution is -2.42. The molecular weight excluding hydrogens is 329 g/mol. The largest absolute Gasteiger partial charge is 0.496 e. The van der Waals surface area contributed by atoms with Gasteiger partial charge in [-0.2, -0.15) is 0 Å². The Kier molecular flexibility index (Phi) is 3.91. The van der Waals surface area contributed by atoms with Crippen molar-refractivity contribution in [2.24, 2.45) is 0 Å². The zero-order valence-corrected chi connectivity index (χ0v) is 13.8. The molecule has 1 unspecified atom stereocenters. The van der Waals surface area contributed by atoms with Gasteiger partial charge in [-0.15, -0.1) is 0 Å². The van der Waals surface area contributed by atoms with Gasteiger partial charge in [0.05, 0.1) is 29.8 Å². The number of aliphatic hydroxyl groups excluding tert-OH is 1. The highest BCUT2D eigenvalue weighted by Gasteiger charge is 2.55. The van der Waals surface area contributed by atoms with Gasteiger partial charge in [0.1, 0.15) is 5.75 Å². The van der Waals surface area contributed by atoms with E-state index in [1.54, 1.807) is 31.1 Å². The average molecular weight is 346 g/mol. The van der Waals surface area contributed by atoms with E-state index in [1.807, 2.05) is 0 Å². The van der Waals surface area contributed by atoms with E-state index in [2.05, 4.69) is 0 Å². The van der Waals surface area contributed by atoms with Gasteiger partial charge in [-0.25, -0.2) is 4.79 Å². The number of methoxy groups -OCH3 is 1. The van der Waals surface area contributed by atoms with Crippen molar-refractivity contribution in [2.45, 2.75) is 30.9 Å². The van der Waals surface area contributed by atoms with Crippen LogP contribution >= 0.6 is 23.2 Å². The van der Waals surface area contributed by atoms with Crippen LogP contribution in [-0.4, -0.2) is 48.0 Å². The molecule has 22 heavy (non-hydrogen) atoms. The number of aliphatic hydroxyl groups is 1. The lowest BCUT2D eigenvalue weighted by atomic mass is 9.89. The van der Waals surface area contributed by atoms with Crippen LogP contribution in [0.15, 0.2) is 12.1 Å². The van der Waals surface area contributed by atoms with Gasteiger partial charge in [-0.1, -0.05) is 23.2 Å². The van der Waals surface area contributed by atoms with Gasteiger partial charge in [0.25, 0.3) is 0 Å². The minimum Gasteiger partial charge on any atom is -0.496 e. The molecule has 120 valence electrons. The van der Waals surface area contributed by atoms with Gasteiger partial charge in [0.15, 0.2) is 5.60 Å². The van der Waals surface area contributed by atoms with Crippen molar-refractivity contribution in [3.8, 4) is 5.75 Å². The maximum Gasteiger partial charge on any atom is 0.410 e. The van der Waals surface area contributed by atoms with Gasteiger partial charge < -0.3 is 19.5 Å². The van der Waals surface area contributed by atoms with Crippen LogP contribution in [0.5, 0.6) is 5.75 Å². The number of rotatable bonds is 3. The van der Waals surface area contributed by atoms with Crippen LogP contribution < -0.4 is 4.74 Å². The fourth-order valence-corrected chi connectivity index (χ4v) is 3.87. The van der Waals surface area contributed by atoms with E-state index in [0.29, 0.717) is 28.8 Å². The molecule has 3 atom stereocenters. The average Bonchev–Trinajstić information content (AvgIpc) is 3.03. The minimum absolute atomic E-state index is 0.00938. The first kappa shape index (κ1) is 15.7. The third kappa shape index (κ3) is 2.23. The molecule has 2 fully saturated rings. The summed E-state index contributed by atoms with van der Waals surface area (Å²) in [5.74, 6) is 0.643. The molecule has 2 aliphatic heterocycles. The molecule has 2 heterocycles. The Bertz CT molecular complexity index is 624. The highest BCUT2D eigenvalue weighted by molar-refractivity contribution is 6.42. The van der Waals surface area contributed by atoms with Crippen LogP contribution in [0.25, 0.3) is 0 Å². The maximum atomic E-state index is 12.0. The monoisotopic (exact) mass is 345 g/mol. The summed E-state index contributed by atoms with van der Waals surface area (Å²) in [5.41, 5.74) is -0.0800. The molecule has 1 aromatic carbocycles. The molecular formula is C15H17Cl2NO4. The van der Waals surface area contributed by atoms with Crippen molar-refractivity contribution < 1.29 is 19.4 Å². The summed E-state index contributed by atoms with van der Waals surface area (Å²) in [4.78, 5) is 13.7. The fourth-order valence-electron chi connectivity index (χ4n) is 3.40. The summed E-state index contributed by atoms with van der Waals surface area (Å²) in [5, 5.41) is 10.5. The fraction of sp³-hybridized carbons (Fsp3) is 0.533. The van der Waals surface area contributed by atoms with Crippen molar-refractivity contribution in [1.82, 2.24) is 4.90 Å². The number of carbonyl (C=O) groups excluding carboxylic acids is 1. The second-order valence-corrected chi connectivity index (χ2v) is 6.70. The van der Waals surface area contributed by atoms with Gasteiger partial charge in [0.2, 0.25) is 0 Å². The summed E-state index contributed by atoms with van der Waals surface area (Å²) < 4.78 is 10.7. The smallest absolute Gasteiger partial charge is 0.410 e. The normalized spacial score (nSPS) is 30.4. The number of amides is 1. The second-order valence-electron chi connectivity index (χ2n) is 5.92. The van der Waals surface area contributed by atoms with E-state index in [4.69, 9.17) is 32.7 Å². The maximum absolute atomic E-state index is 12.0. The molecule has 2 saturated heterocycles. The second kappa shape index (κ2) is 5.48. The van der Waals surface area contributed by atoms with Crippen LogP contribution in [0.2, 0.25) is 10.0 Å². The molecule has 0 aromatic heterocycles. The summed E-state index contributed by atoms with van der Waals surface area (Å²) in [6, 6.07) is 3.28. The first-order valence-electron chi connectivity index (χ1n) is 7.03. The highest BCUT2D eigenvalue weighted by Crippen LogP contribution is 2.47. The number of fused-ring (bicyclic) bond motifs is 1. The van der Waals surface area contributed by atoms with Gasteiger partial charge in [-0.05, 0) is 25.5 Å². The van der Waals surface area contributed by atoms with Gasteiger partial charge in [0, 0.05) is 18.0 Å². The zero-order valence-electron chi connectivity index (χ0n) is 12.3. The zero-order chi connectivity index (χ0) is 16.1. The Morgan fingerprint density at radius 1 is 1.50 bits per heavy atom. The predicted octanol–water partition coefficient (Wildman–Crippen LogP) is 3.06. The van der Waals surface area contributed by atoms with Gasteiger partial charge in [-0.3, -0.25) is 0 Å². The van der Waals surface area contributed by atoms with E-state index in [9.17, 15) is 9.90 Å². The molecule has 1 amide bonds. The van der Waals surface area contributed by atoms with Crippen molar-refractivity contribution in [1.29, 1.82) is 0 Å². The quantitative estimate of drug-likeness (QED) is 0.914. The Labute approximate surface area is 138 Å². The molecule has 2 aliphatic rings. The summed E-state index contributed by atoms with van der Waals surface area (Å²) in [6.07, 6.45) is 0.236. The number of ether oxygens (including phenoxy) is 2. The van der Waals surface area contributed by atoms with Crippen LogP contribution in [0.3, 0.4) is 0 Å². The summed E-state index contributed by atoms with van der Waals surface area (Å²) in [6.45, 7) is 2.00. The first-order valence-corrected chi connectivity index (χ1v) is 7.79. The Hall–Kier alpha value is -1.17. The third-order valence-corrected chi connectivity index (χ3v) is 5.41. The molecule has 3 rings (SSSR count). The molecule has 5 nitrogen and oxygen atoms in total. The van der Waals surface area contributed by atoms with E-state index >= 15 is 0 Å². The number of carbonyl (C=O) groups is 1. The third-order valence-electron chi connectivity index (χ3n) is 4.60. The number of halogens is 2. The molecule has 7 heteroatoms. The standard InChI is InChI=1S/C15H17Cl2NO4/c1-15(7-19)11-5-8(6-18(11)14(20)22-15)12-10(21-2)4-3-9(16)13(12)17/h3-4,8,11,19H,5-7H2,1-2H3/t8-,11-,15?/m0/s1. The molecule has 1 N–H and O–H groups in total. The Morgan fingerprint density at radius 3 is 2.86 bits per heavy atom. The number of hydrogen-bond donors (Lipinski definition) is 1. The predicted molar refractivity (Wildman–Crippen MR) is 82.8 cm³/mol. The number of cyclic esters (lactones) is 1. The minimum atomic E-state index is -0.885. The molecule has 0 bridgehead atoms. The van der Waals surface area contributed by atoms with E-state index in [1.165, 1.54) is 0 Å². The molecule has 0 spiro atoms. The van der Waals surface area contributed by atoms with E-state index in [-0.39, 0.29) is 18.6 Å². The van der Waals surface area contributed by atoms with Crippen LogP contribution in [0.1, 0.15) is 24.8 Å². The first-order chi connectivity index (χ1) is 10.4. The van der Waals surface area contributed by atoms with E-state index < -0.39 is 11.7 Å². The van der Waals surface area contributed by atoms with Crippen molar-refractivity contribution in [2.75, 3.05) is 20.3 Å².